The summed E-state index contributed by atoms with van der Waals surface area (Å²) in [5.74, 6) is 0. The van der Waals surface area contributed by atoms with Crippen molar-refractivity contribution in [1.29, 1.82) is 0 Å². The molecule has 0 saturated carbocycles. The van der Waals surface area contributed by atoms with E-state index in [4.69, 9.17) is 23.2 Å². The molecule has 0 aromatic heterocycles. The van der Waals surface area contributed by atoms with Crippen LogP contribution in [-0.2, 0) is 6.54 Å². The SMILES string of the molecule is C[NH+](C)CCC[NH+](CCC[NH+](C)C)Cc1ccc(Cl)c(Cl)c1. The Morgan fingerprint density at radius 1 is 0.773 bits per heavy atom. The molecule has 0 aliphatic heterocycles. The van der Waals surface area contributed by atoms with Gasteiger partial charge in [0, 0.05) is 18.4 Å². The maximum absolute atomic E-state index is 6.14. The van der Waals surface area contributed by atoms with E-state index >= 15 is 0 Å². The molecule has 1 rings (SSSR count). The van der Waals surface area contributed by atoms with Crippen LogP contribution in [0.3, 0.4) is 0 Å². The van der Waals surface area contributed by atoms with Crippen molar-refractivity contribution in [1.82, 2.24) is 0 Å². The zero-order chi connectivity index (χ0) is 16.5. The van der Waals surface area contributed by atoms with E-state index in [1.54, 1.807) is 4.90 Å². The molecule has 1 aromatic rings. The summed E-state index contributed by atoms with van der Waals surface area (Å²) in [7, 11) is 8.87. The molecule has 0 amide bonds. The van der Waals surface area contributed by atoms with Crippen LogP contribution in [0.25, 0.3) is 0 Å². The Morgan fingerprint density at radius 3 is 1.77 bits per heavy atom. The van der Waals surface area contributed by atoms with Crippen molar-refractivity contribution in [2.45, 2.75) is 19.4 Å². The van der Waals surface area contributed by atoms with E-state index in [-0.39, 0.29) is 0 Å². The van der Waals surface area contributed by atoms with Gasteiger partial charge in [-0.3, -0.25) is 0 Å². The molecule has 0 aliphatic rings. The van der Waals surface area contributed by atoms with Gasteiger partial charge in [-0.25, -0.2) is 0 Å². The van der Waals surface area contributed by atoms with Gasteiger partial charge < -0.3 is 14.7 Å². The molecule has 0 atom stereocenters. The Morgan fingerprint density at radius 2 is 1.32 bits per heavy atom. The standard InChI is InChI=1S/C17H29Cl2N3/c1-20(2)9-5-11-22(12-6-10-21(3)4)14-15-7-8-16(18)17(19)13-15/h7-8,13H,5-6,9-12,14H2,1-4H3/p+3. The summed E-state index contributed by atoms with van der Waals surface area (Å²) in [6.45, 7) is 5.92. The average molecular weight is 349 g/mol. The maximum atomic E-state index is 6.14. The zero-order valence-corrected chi connectivity index (χ0v) is 15.9. The van der Waals surface area contributed by atoms with Crippen molar-refractivity contribution in [3.63, 3.8) is 0 Å². The van der Waals surface area contributed by atoms with Crippen molar-refractivity contribution in [2.24, 2.45) is 0 Å². The van der Waals surface area contributed by atoms with Gasteiger partial charge in [0.1, 0.15) is 6.54 Å². The first-order valence-electron chi connectivity index (χ1n) is 8.24. The summed E-state index contributed by atoms with van der Waals surface area (Å²) < 4.78 is 0. The number of halogens is 2. The molecule has 3 N–H and O–H groups in total. The summed E-state index contributed by atoms with van der Waals surface area (Å²) in [6.07, 6.45) is 2.52. The lowest BCUT2D eigenvalue weighted by Gasteiger charge is -2.20. The van der Waals surface area contributed by atoms with E-state index in [1.807, 2.05) is 12.1 Å². The van der Waals surface area contributed by atoms with Crippen molar-refractivity contribution in [3.05, 3.63) is 33.8 Å². The predicted octanol–water partition coefficient (Wildman–Crippen LogP) is -0.552. The molecule has 1 aromatic carbocycles. The number of nitrogens with one attached hydrogen (secondary N) is 3. The molecular formula is C17H32Cl2N3+3. The van der Waals surface area contributed by atoms with Crippen molar-refractivity contribution in [3.8, 4) is 0 Å². The molecule has 0 aliphatic carbocycles. The summed E-state index contributed by atoms with van der Waals surface area (Å²) in [5, 5.41) is 1.30. The zero-order valence-electron chi connectivity index (χ0n) is 14.4. The first kappa shape index (κ1) is 19.7. The Hall–Kier alpha value is -0.320. The molecular weight excluding hydrogens is 317 g/mol. The van der Waals surface area contributed by atoms with Crippen LogP contribution in [0.5, 0.6) is 0 Å². The number of hydrogen-bond donors (Lipinski definition) is 3. The number of hydrogen-bond acceptors (Lipinski definition) is 0. The van der Waals surface area contributed by atoms with Crippen LogP contribution in [0.2, 0.25) is 10.0 Å². The predicted molar refractivity (Wildman–Crippen MR) is 95.5 cm³/mol. The minimum Gasteiger partial charge on any atom is -0.340 e. The minimum atomic E-state index is 0.638. The smallest absolute Gasteiger partial charge is 0.103 e. The molecule has 5 heteroatoms. The first-order chi connectivity index (χ1) is 10.4. The van der Waals surface area contributed by atoms with Gasteiger partial charge in [-0.1, -0.05) is 29.3 Å². The largest absolute Gasteiger partial charge is 0.340 e. The lowest BCUT2D eigenvalue weighted by atomic mass is 10.2. The Kier molecular flexibility index (Phi) is 9.37. The van der Waals surface area contributed by atoms with Gasteiger partial charge in [0.05, 0.1) is 64.4 Å². The summed E-state index contributed by atoms with van der Waals surface area (Å²) >= 11 is 12.2. The third-order valence-corrected chi connectivity index (χ3v) is 4.59. The highest BCUT2D eigenvalue weighted by Gasteiger charge is 2.12. The van der Waals surface area contributed by atoms with Gasteiger partial charge >= 0.3 is 0 Å². The van der Waals surface area contributed by atoms with E-state index in [0.29, 0.717) is 10.0 Å². The van der Waals surface area contributed by atoms with E-state index in [1.165, 1.54) is 54.4 Å². The van der Waals surface area contributed by atoms with Crippen LogP contribution in [0, 0.1) is 0 Å². The van der Waals surface area contributed by atoms with E-state index in [2.05, 4.69) is 34.3 Å². The summed E-state index contributed by atoms with van der Waals surface area (Å²) in [4.78, 5) is 4.68. The molecule has 0 spiro atoms. The highest BCUT2D eigenvalue weighted by atomic mass is 35.5. The first-order valence-corrected chi connectivity index (χ1v) is 8.99. The third kappa shape index (κ3) is 8.35. The van der Waals surface area contributed by atoms with Crippen molar-refractivity contribution >= 4 is 23.2 Å². The summed E-state index contributed by atoms with van der Waals surface area (Å²) in [5.41, 5.74) is 1.28. The molecule has 0 unspecified atom stereocenters. The Labute approximate surface area is 145 Å². The molecule has 0 fully saturated rings. The van der Waals surface area contributed by atoms with Gasteiger partial charge in [-0.15, -0.1) is 0 Å². The molecule has 3 nitrogen and oxygen atoms in total. The molecule has 0 radical (unpaired) electrons. The van der Waals surface area contributed by atoms with Crippen LogP contribution in [0.1, 0.15) is 18.4 Å². The number of benzene rings is 1. The molecule has 0 heterocycles. The normalized spacial score (nSPS) is 11.9. The van der Waals surface area contributed by atoms with Gasteiger partial charge in [0.25, 0.3) is 0 Å². The monoisotopic (exact) mass is 348 g/mol. The van der Waals surface area contributed by atoms with Crippen LogP contribution < -0.4 is 14.7 Å². The average Bonchev–Trinajstić information content (AvgIpc) is 2.42. The second-order valence-electron chi connectivity index (χ2n) is 6.80. The Bertz CT molecular complexity index is 422. The third-order valence-electron chi connectivity index (χ3n) is 3.85. The topological polar surface area (TPSA) is 13.3 Å². The van der Waals surface area contributed by atoms with Crippen LogP contribution in [0.4, 0.5) is 0 Å². The summed E-state index contributed by atoms with van der Waals surface area (Å²) in [6, 6.07) is 6.02. The van der Waals surface area contributed by atoms with Gasteiger partial charge in [0.15, 0.2) is 0 Å². The molecule has 22 heavy (non-hydrogen) atoms. The van der Waals surface area contributed by atoms with Gasteiger partial charge in [0.2, 0.25) is 0 Å². The van der Waals surface area contributed by atoms with Gasteiger partial charge in [-0.2, -0.15) is 0 Å². The second kappa shape index (κ2) is 10.5. The molecule has 0 bridgehead atoms. The highest BCUT2D eigenvalue weighted by Crippen LogP contribution is 2.22. The fraction of sp³-hybridized carbons (Fsp3) is 0.647. The van der Waals surface area contributed by atoms with Crippen LogP contribution in [-0.4, -0.2) is 54.4 Å². The van der Waals surface area contributed by atoms with Crippen molar-refractivity contribution < 1.29 is 14.7 Å². The van der Waals surface area contributed by atoms with E-state index in [0.717, 1.165) is 6.54 Å². The number of quaternary nitrogens is 3. The fourth-order valence-electron chi connectivity index (χ4n) is 2.62. The Balaban J connectivity index is 2.56. The van der Waals surface area contributed by atoms with E-state index < -0.39 is 0 Å². The molecule has 126 valence electrons. The lowest BCUT2D eigenvalue weighted by Crippen LogP contribution is -3.13. The lowest BCUT2D eigenvalue weighted by molar-refractivity contribution is -0.925. The molecule has 0 saturated heterocycles. The second-order valence-corrected chi connectivity index (χ2v) is 7.61. The van der Waals surface area contributed by atoms with Crippen molar-refractivity contribution in [2.75, 3.05) is 54.4 Å². The van der Waals surface area contributed by atoms with Crippen LogP contribution in [0.15, 0.2) is 18.2 Å². The van der Waals surface area contributed by atoms with E-state index in [9.17, 15) is 0 Å². The fourth-order valence-corrected chi connectivity index (χ4v) is 2.94. The van der Waals surface area contributed by atoms with Crippen LogP contribution >= 0.6 is 23.2 Å². The quantitative estimate of drug-likeness (QED) is 0.502. The maximum Gasteiger partial charge on any atom is 0.103 e. The highest BCUT2D eigenvalue weighted by molar-refractivity contribution is 6.41. The number of rotatable bonds is 10. The minimum absolute atomic E-state index is 0.638. The van der Waals surface area contributed by atoms with Gasteiger partial charge in [-0.05, 0) is 12.1 Å².